The van der Waals surface area contributed by atoms with Gasteiger partial charge in [-0.15, -0.1) is 0 Å². The van der Waals surface area contributed by atoms with Crippen LogP contribution in [0.15, 0.2) is 40.9 Å². The van der Waals surface area contributed by atoms with Crippen molar-refractivity contribution < 1.29 is 32.6 Å². The number of halogens is 3. The van der Waals surface area contributed by atoms with E-state index in [0.29, 0.717) is 0 Å². The van der Waals surface area contributed by atoms with Gasteiger partial charge >= 0.3 is 11.7 Å². The van der Waals surface area contributed by atoms with Gasteiger partial charge in [0.25, 0.3) is 5.91 Å². The number of amides is 1. The highest BCUT2D eigenvalue weighted by Gasteiger charge is 2.27. The molecule has 0 saturated heterocycles. The molecular weight excluding hydrogens is 440 g/mol. The van der Waals surface area contributed by atoms with Crippen molar-refractivity contribution in [3.63, 3.8) is 0 Å². The number of hydrogen-bond donors (Lipinski definition) is 1. The van der Waals surface area contributed by atoms with Gasteiger partial charge in [-0.25, -0.2) is 9.18 Å². The van der Waals surface area contributed by atoms with Gasteiger partial charge in [-0.05, 0) is 31.2 Å². The summed E-state index contributed by atoms with van der Waals surface area (Å²) in [5.41, 5.74) is -1.50. The molecule has 31 heavy (non-hydrogen) atoms. The van der Waals surface area contributed by atoms with E-state index >= 15 is 0 Å². The molecule has 0 fully saturated rings. The van der Waals surface area contributed by atoms with Gasteiger partial charge in [-0.1, -0.05) is 22.8 Å². The maximum Gasteiger partial charge on any atom is 0.344 e. The van der Waals surface area contributed by atoms with Crippen molar-refractivity contribution in [3.8, 4) is 11.3 Å². The first-order valence-electron chi connectivity index (χ1n) is 8.50. The third-order valence-electron chi connectivity index (χ3n) is 4.03. The summed E-state index contributed by atoms with van der Waals surface area (Å²) in [6, 6.07) is 6.62. The van der Waals surface area contributed by atoms with Gasteiger partial charge in [0.1, 0.15) is 22.8 Å². The van der Waals surface area contributed by atoms with E-state index in [1.807, 2.05) is 0 Å². The minimum atomic E-state index is -1.07. The summed E-state index contributed by atoms with van der Waals surface area (Å²) in [6.07, 6.45) is 0. The van der Waals surface area contributed by atoms with Crippen molar-refractivity contribution in [2.24, 2.45) is 0 Å². The number of rotatable bonds is 6. The fourth-order valence-electron chi connectivity index (χ4n) is 2.64. The van der Waals surface area contributed by atoms with Crippen LogP contribution >= 0.6 is 11.6 Å². The summed E-state index contributed by atoms with van der Waals surface area (Å²) >= 11 is 6.00. The molecule has 0 aliphatic heterocycles. The lowest BCUT2D eigenvalue weighted by Crippen LogP contribution is -2.21. The number of aryl methyl sites for hydroxylation is 1. The van der Waals surface area contributed by atoms with Crippen molar-refractivity contribution in [1.82, 2.24) is 5.16 Å². The van der Waals surface area contributed by atoms with Crippen molar-refractivity contribution in [3.05, 3.63) is 74.5 Å². The Bertz CT molecular complexity index is 1180. The third kappa shape index (κ3) is 4.67. The Hall–Kier alpha value is -3.86. The van der Waals surface area contributed by atoms with Gasteiger partial charge in [-0.2, -0.15) is 4.39 Å². The summed E-state index contributed by atoms with van der Waals surface area (Å²) in [5.74, 6) is -3.70. The number of carbonyl (C=O) groups excluding carboxylic acids is 2. The number of ether oxygens (including phenoxy) is 1. The molecule has 3 rings (SSSR count). The Labute approximate surface area is 177 Å². The van der Waals surface area contributed by atoms with E-state index in [2.05, 4.69) is 10.5 Å². The number of nitrogens with zero attached hydrogens (tertiary/aromatic N) is 2. The van der Waals surface area contributed by atoms with E-state index in [0.717, 1.165) is 24.3 Å². The van der Waals surface area contributed by atoms with Gasteiger partial charge in [-0.3, -0.25) is 14.9 Å². The molecule has 0 atom stereocenters. The summed E-state index contributed by atoms with van der Waals surface area (Å²) in [4.78, 5) is 34.3. The molecule has 9 nitrogen and oxygen atoms in total. The van der Waals surface area contributed by atoms with Crippen LogP contribution in [0, 0.1) is 28.7 Å². The minimum absolute atomic E-state index is 0.00823. The Morgan fingerprint density at radius 1 is 1.26 bits per heavy atom. The SMILES string of the molecule is Cc1onc(-c2c(F)cccc2Cl)c1C(=O)OCC(=O)Nc1ccc(F)c([N+](=O)[O-])c1. The van der Waals surface area contributed by atoms with Gasteiger partial charge in [0.15, 0.2) is 6.61 Å². The largest absolute Gasteiger partial charge is 0.452 e. The Balaban J connectivity index is 1.74. The van der Waals surface area contributed by atoms with Gasteiger partial charge in [0.05, 0.1) is 15.5 Å². The van der Waals surface area contributed by atoms with Crippen LogP contribution in [0.1, 0.15) is 16.1 Å². The fourth-order valence-corrected chi connectivity index (χ4v) is 2.89. The second-order valence-corrected chi connectivity index (χ2v) is 6.51. The molecular formula is C19H12ClF2N3O6. The molecule has 0 saturated carbocycles. The zero-order valence-corrected chi connectivity index (χ0v) is 16.4. The number of esters is 1. The predicted octanol–water partition coefficient (Wildman–Crippen LogP) is 4.29. The third-order valence-corrected chi connectivity index (χ3v) is 4.34. The van der Waals surface area contributed by atoms with Crippen molar-refractivity contribution in [2.75, 3.05) is 11.9 Å². The molecule has 1 N–H and O–H groups in total. The van der Waals surface area contributed by atoms with E-state index in [1.54, 1.807) is 0 Å². The van der Waals surface area contributed by atoms with Gasteiger partial charge in [0.2, 0.25) is 5.82 Å². The monoisotopic (exact) mass is 451 g/mol. The van der Waals surface area contributed by atoms with E-state index < -0.39 is 40.7 Å². The number of benzene rings is 2. The Morgan fingerprint density at radius 2 is 2.00 bits per heavy atom. The van der Waals surface area contributed by atoms with Crippen LogP contribution in [0.2, 0.25) is 5.02 Å². The topological polar surface area (TPSA) is 125 Å². The molecule has 3 aromatic rings. The van der Waals surface area contributed by atoms with Crippen LogP contribution in [0.3, 0.4) is 0 Å². The highest BCUT2D eigenvalue weighted by atomic mass is 35.5. The molecule has 0 bridgehead atoms. The molecule has 0 unspecified atom stereocenters. The summed E-state index contributed by atoms with van der Waals surface area (Å²) < 4.78 is 37.4. The summed E-state index contributed by atoms with van der Waals surface area (Å²) in [5, 5.41) is 16.6. The molecule has 2 aromatic carbocycles. The first kappa shape index (κ1) is 21.8. The normalized spacial score (nSPS) is 10.6. The van der Waals surface area contributed by atoms with Gasteiger partial charge < -0.3 is 14.6 Å². The van der Waals surface area contributed by atoms with Crippen LogP contribution in [-0.4, -0.2) is 28.6 Å². The van der Waals surface area contributed by atoms with Crippen LogP contribution in [0.25, 0.3) is 11.3 Å². The second-order valence-electron chi connectivity index (χ2n) is 6.11. The van der Waals surface area contributed by atoms with E-state index in [1.165, 1.54) is 19.1 Å². The molecule has 1 heterocycles. The number of carbonyl (C=O) groups is 2. The molecule has 12 heteroatoms. The number of nitrogens with one attached hydrogen (secondary N) is 1. The highest BCUT2D eigenvalue weighted by Crippen LogP contribution is 2.33. The molecule has 160 valence electrons. The van der Waals surface area contributed by atoms with Gasteiger partial charge in [0, 0.05) is 11.8 Å². The maximum atomic E-state index is 14.2. The van der Waals surface area contributed by atoms with Crippen LogP contribution in [-0.2, 0) is 9.53 Å². The Morgan fingerprint density at radius 3 is 2.68 bits per heavy atom. The lowest BCUT2D eigenvalue weighted by Gasteiger charge is -2.08. The maximum absolute atomic E-state index is 14.2. The molecule has 0 radical (unpaired) electrons. The molecule has 1 amide bonds. The predicted molar refractivity (Wildman–Crippen MR) is 104 cm³/mol. The molecule has 0 aliphatic carbocycles. The van der Waals surface area contributed by atoms with Crippen molar-refractivity contribution >= 4 is 34.9 Å². The first-order chi connectivity index (χ1) is 14.7. The number of hydrogen-bond acceptors (Lipinski definition) is 7. The molecule has 0 aliphatic rings. The van der Waals surface area contributed by atoms with Crippen molar-refractivity contribution in [2.45, 2.75) is 6.92 Å². The zero-order chi connectivity index (χ0) is 22.7. The number of nitro groups is 1. The standard InChI is InChI=1S/C19H12ClF2N3O6/c1-9-16(18(24-31-9)17-11(20)3-2-4-13(17)22)19(27)30-8-15(26)23-10-5-6-12(21)14(7-10)25(28)29/h2-7H,8H2,1H3,(H,23,26). The number of nitro benzene ring substituents is 1. The Kier molecular flexibility index (Phi) is 6.25. The molecule has 0 spiro atoms. The fraction of sp³-hybridized carbons (Fsp3) is 0.105. The first-order valence-corrected chi connectivity index (χ1v) is 8.88. The smallest absolute Gasteiger partial charge is 0.344 e. The number of anilines is 1. The summed E-state index contributed by atoms with van der Waals surface area (Å²) in [7, 11) is 0. The minimum Gasteiger partial charge on any atom is -0.452 e. The van der Waals surface area contributed by atoms with Crippen LogP contribution < -0.4 is 5.32 Å². The zero-order valence-electron chi connectivity index (χ0n) is 15.6. The van der Waals surface area contributed by atoms with E-state index in [9.17, 15) is 28.5 Å². The van der Waals surface area contributed by atoms with E-state index in [4.69, 9.17) is 20.9 Å². The molecule has 1 aromatic heterocycles. The average Bonchev–Trinajstić information content (AvgIpc) is 3.08. The lowest BCUT2D eigenvalue weighted by atomic mass is 10.1. The lowest BCUT2D eigenvalue weighted by molar-refractivity contribution is -0.387. The quantitative estimate of drug-likeness (QED) is 0.337. The van der Waals surface area contributed by atoms with E-state index in [-0.39, 0.29) is 33.3 Å². The van der Waals surface area contributed by atoms with Crippen LogP contribution in [0.4, 0.5) is 20.2 Å². The highest BCUT2D eigenvalue weighted by molar-refractivity contribution is 6.33. The van der Waals surface area contributed by atoms with Crippen LogP contribution in [0.5, 0.6) is 0 Å². The van der Waals surface area contributed by atoms with Crippen molar-refractivity contribution in [1.29, 1.82) is 0 Å². The second kappa shape index (κ2) is 8.88. The number of aromatic nitrogens is 1. The average molecular weight is 452 g/mol. The summed E-state index contributed by atoms with van der Waals surface area (Å²) in [6.45, 7) is 0.596.